The number of carbonyl (C=O) groups is 1. The van der Waals surface area contributed by atoms with E-state index >= 15 is 0 Å². The van der Waals surface area contributed by atoms with Crippen LogP contribution >= 0.6 is 12.2 Å². The first-order chi connectivity index (χ1) is 4.70. The van der Waals surface area contributed by atoms with Crippen LogP contribution in [0.4, 0.5) is 4.79 Å². The highest BCUT2D eigenvalue weighted by atomic mass is 32.1. The average Bonchev–Trinajstić information content (AvgIpc) is 1.88. The van der Waals surface area contributed by atoms with Gasteiger partial charge in [-0.05, 0) is 13.3 Å². The van der Waals surface area contributed by atoms with E-state index < -0.39 is 6.09 Å². The van der Waals surface area contributed by atoms with Crippen molar-refractivity contribution in [3.8, 4) is 0 Å². The average molecular weight is 161 g/mol. The molecule has 0 aliphatic rings. The fraction of sp³-hybridized carbons (Fsp3) is 0.667. The van der Waals surface area contributed by atoms with E-state index in [4.69, 9.17) is 12.2 Å². The molecule has 4 heteroatoms. The van der Waals surface area contributed by atoms with Gasteiger partial charge in [-0.15, -0.1) is 0 Å². The predicted octanol–water partition coefficient (Wildman–Crippen LogP) is 1.47. The highest BCUT2D eigenvalue weighted by Crippen LogP contribution is 1.82. The van der Waals surface area contributed by atoms with Gasteiger partial charge in [-0.2, -0.15) is 0 Å². The Morgan fingerprint density at radius 1 is 1.60 bits per heavy atom. The quantitative estimate of drug-likeness (QED) is 0.623. The minimum atomic E-state index is -0.464. The standard InChI is InChI=1S/C6H11NO2S/c1-3-5(10)7-6(8)9-4-2/h3-4H2,1-2H3,(H,7,8,10). The molecule has 1 amide bonds. The summed E-state index contributed by atoms with van der Waals surface area (Å²) >= 11 is 4.73. The molecule has 0 aromatic rings. The van der Waals surface area contributed by atoms with Crippen LogP contribution in [0.25, 0.3) is 0 Å². The summed E-state index contributed by atoms with van der Waals surface area (Å²) in [7, 11) is 0. The normalized spacial score (nSPS) is 8.60. The van der Waals surface area contributed by atoms with Crippen LogP contribution in [0, 0.1) is 0 Å². The molecule has 0 saturated carbocycles. The number of alkyl carbamates (subject to hydrolysis) is 1. The molecule has 0 spiro atoms. The van der Waals surface area contributed by atoms with Gasteiger partial charge in [0.2, 0.25) is 0 Å². The number of nitrogens with one attached hydrogen (secondary N) is 1. The minimum absolute atomic E-state index is 0.373. The molecule has 58 valence electrons. The zero-order valence-electron chi connectivity index (χ0n) is 6.14. The maximum Gasteiger partial charge on any atom is 0.412 e. The van der Waals surface area contributed by atoms with Crippen LogP contribution < -0.4 is 5.32 Å². The van der Waals surface area contributed by atoms with Gasteiger partial charge in [0, 0.05) is 0 Å². The first-order valence-electron chi connectivity index (χ1n) is 3.17. The molecule has 0 atom stereocenters. The minimum Gasteiger partial charge on any atom is -0.450 e. The van der Waals surface area contributed by atoms with Crippen LogP contribution in [-0.2, 0) is 4.74 Å². The molecule has 3 nitrogen and oxygen atoms in total. The molecule has 0 aromatic carbocycles. The topological polar surface area (TPSA) is 38.3 Å². The van der Waals surface area contributed by atoms with Crippen LogP contribution in [-0.4, -0.2) is 17.7 Å². The lowest BCUT2D eigenvalue weighted by molar-refractivity contribution is 0.158. The van der Waals surface area contributed by atoms with Gasteiger partial charge in [0.05, 0.1) is 11.6 Å². The van der Waals surface area contributed by atoms with E-state index in [1.165, 1.54) is 0 Å². The predicted molar refractivity (Wildman–Crippen MR) is 43.0 cm³/mol. The van der Waals surface area contributed by atoms with Gasteiger partial charge in [0.25, 0.3) is 0 Å². The van der Waals surface area contributed by atoms with E-state index in [1.54, 1.807) is 6.92 Å². The number of amides is 1. The van der Waals surface area contributed by atoms with E-state index in [-0.39, 0.29) is 0 Å². The van der Waals surface area contributed by atoms with E-state index in [0.29, 0.717) is 18.0 Å². The largest absolute Gasteiger partial charge is 0.450 e. The molecular weight excluding hydrogens is 150 g/mol. The van der Waals surface area contributed by atoms with Crippen molar-refractivity contribution in [2.24, 2.45) is 0 Å². The van der Waals surface area contributed by atoms with Gasteiger partial charge in [0.15, 0.2) is 0 Å². The molecule has 0 heterocycles. The monoisotopic (exact) mass is 161 g/mol. The van der Waals surface area contributed by atoms with Crippen LogP contribution in [0.1, 0.15) is 20.3 Å². The molecule has 0 unspecified atom stereocenters. The van der Waals surface area contributed by atoms with Crippen molar-refractivity contribution < 1.29 is 9.53 Å². The van der Waals surface area contributed by atoms with Gasteiger partial charge in [-0.3, -0.25) is 5.32 Å². The summed E-state index contributed by atoms with van der Waals surface area (Å²) in [5.74, 6) is 0. The van der Waals surface area contributed by atoms with E-state index in [0.717, 1.165) is 0 Å². The van der Waals surface area contributed by atoms with Gasteiger partial charge in [0.1, 0.15) is 0 Å². The highest BCUT2D eigenvalue weighted by molar-refractivity contribution is 7.80. The van der Waals surface area contributed by atoms with Crippen LogP contribution in [0.3, 0.4) is 0 Å². The summed E-state index contributed by atoms with van der Waals surface area (Å²) in [6.07, 6.45) is 0.197. The number of hydrogen-bond donors (Lipinski definition) is 1. The molecule has 0 rings (SSSR count). The SMILES string of the molecule is CCOC(=O)NC(=S)CC. The smallest absolute Gasteiger partial charge is 0.412 e. The molecule has 1 N–H and O–H groups in total. The maximum atomic E-state index is 10.6. The summed E-state index contributed by atoms with van der Waals surface area (Å²) in [5.41, 5.74) is 0. The number of hydrogen-bond acceptors (Lipinski definition) is 3. The Bertz CT molecular complexity index is 136. The summed E-state index contributed by atoms with van der Waals surface area (Å²) in [5, 5.41) is 2.40. The second-order valence-corrected chi connectivity index (χ2v) is 2.11. The third-order valence-corrected chi connectivity index (χ3v) is 1.23. The van der Waals surface area contributed by atoms with Crippen molar-refractivity contribution in [2.75, 3.05) is 6.61 Å². The maximum absolute atomic E-state index is 10.6. The van der Waals surface area contributed by atoms with Crippen LogP contribution in [0.2, 0.25) is 0 Å². The molecular formula is C6H11NO2S. The van der Waals surface area contributed by atoms with Crippen LogP contribution in [0.15, 0.2) is 0 Å². The van der Waals surface area contributed by atoms with Crippen molar-refractivity contribution in [3.05, 3.63) is 0 Å². The summed E-state index contributed by atoms with van der Waals surface area (Å²) in [4.78, 5) is 11.1. The Labute approximate surface area is 65.7 Å². The van der Waals surface area contributed by atoms with Gasteiger partial charge in [-0.25, -0.2) is 4.79 Å². The molecule has 10 heavy (non-hydrogen) atoms. The van der Waals surface area contributed by atoms with Crippen molar-refractivity contribution in [2.45, 2.75) is 20.3 Å². The summed E-state index contributed by atoms with van der Waals surface area (Å²) < 4.78 is 4.58. The molecule has 0 aliphatic heterocycles. The van der Waals surface area contributed by atoms with Crippen LogP contribution in [0.5, 0.6) is 0 Å². The zero-order valence-corrected chi connectivity index (χ0v) is 6.96. The third-order valence-electron chi connectivity index (χ3n) is 0.838. The third kappa shape index (κ3) is 4.26. The van der Waals surface area contributed by atoms with Crippen molar-refractivity contribution >= 4 is 23.3 Å². The van der Waals surface area contributed by atoms with Gasteiger partial charge >= 0.3 is 6.09 Å². The van der Waals surface area contributed by atoms with Crippen molar-refractivity contribution in [3.63, 3.8) is 0 Å². The Hall–Kier alpha value is -0.640. The molecule has 0 aromatic heterocycles. The lowest BCUT2D eigenvalue weighted by atomic mass is 10.5. The fourth-order valence-electron chi connectivity index (χ4n) is 0.369. The van der Waals surface area contributed by atoms with Gasteiger partial charge in [-0.1, -0.05) is 19.1 Å². The second kappa shape index (κ2) is 5.17. The first-order valence-corrected chi connectivity index (χ1v) is 3.58. The Morgan fingerprint density at radius 2 is 2.20 bits per heavy atom. The Kier molecular flexibility index (Phi) is 4.84. The first kappa shape index (κ1) is 9.36. The lowest BCUT2D eigenvalue weighted by Gasteiger charge is -2.02. The molecule has 0 fully saturated rings. The molecule has 0 saturated heterocycles. The Balaban J connectivity index is 3.47. The van der Waals surface area contributed by atoms with Gasteiger partial charge < -0.3 is 4.74 Å². The van der Waals surface area contributed by atoms with Crippen molar-refractivity contribution in [1.82, 2.24) is 5.32 Å². The zero-order chi connectivity index (χ0) is 7.98. The molecule has 0 aliphatic carbocycles. The van der Waals surface area contributed by atoms with Crippen molar-refractivity contribution in [1.29, 1.82) is 0 Å². The summed E-state index contributed by atoms with van der Waals surface area (Å²) in [6.45, 7) is 3.99. The number of thiocarbonyl (C=S) groups is 1. The Morgan fingerprint density at radius 3 is 2.60 bits per heavy atom. The number of ether oxygens (including phenoxy) is 1. The van der Waals surface area contributed by atoms with E-state index in [9.17, 15) is 4.79 Å². The summed E-state index contributed by atoms with van der Waals surface area (Å²) in [6, 6.07) is 0. The number of carbonyl (C=O) groups excluding carboxylic acids is 1. The molecule has 0 bridgehead atoms. The van der Waals surface area contributed by atoms with E-state index in [1.807, 2.05) is 6.92 Å². The second-order valence-electron chi connectivity index (χ2n) is 1.62. The van der Waals surface area contributed by atoms with E-state index in [2.05, 4.69) is 10.1 Å². The fourth-order valence-corrected chi connectivity index (χ4v) is 0.453. The lowest BCUT2D eigenvalue weighted by Crippen LogP contribution is -2.28. The number of rotatable bonds is 2. The highest BCUT2D eigenvalue weighted by Gasteiger charge is 2.00. The molecule has 0 radical (unpaired) electrons.